The number of phenolic OH excluding ortho intramolecular Hbond substituents is 1. The molecule has 3 amide bonds. The number of fused-ring (bicyclic) bond motifs is 1. The number of hydrogen-bond acceptors (Lipinski definition) is 8. The fraction of sp³-hybridized carbons (Fsp3) is 0.333. The summed E-state index contributed by atoms with van der Waals surface area (Å²) in [6.07, 6.45) is 0.206. The van der Waals surface area contributed by atoms with Gasteiger partial charge in [0, 0.05) is 23.5 Å². The highest BCUT2D eigenvalue weighted by Crippen LogP contribution is 2.19. The standard InChI is InChI=1S/C27H33N5O8/c1-14(34)23(26(38)30-21(27(39)40)11-16-12-29-20-5-3-2-4-18(16)20)32-25(37)22(13-33)31-24(36)19(28)10-15-6-8-17(35)9-7-15/h2-9,12,14,19,21-23,29,33-35H,10-11,13,28H2,1H3,(H,30,38)(H,31,36)(H,32,37)(H,39,40). The van der Waals surface area contributed by atoms with Gasteiger partial charge in [-0.15, -0.1) is 0 Å². The van der Waals surface area contributed by atoms with Crippen molar-refractivity contribution in [1.29, 1.82) is 0 Å². The lowest BCUT2D eigenvalue weighted by atomic mass is 10.0. The van der Waals surface area contributed by atoms with Gasteiger partial charge >= 0.3 is 5.97 Å². The first kappa shape index (κ1) is 30.1. The van der Waals surface area contributed by atoms with Crippen LogP contribution in [0.5, 0.6) is 5.75 Å². The normalized spacial score (nSPS) is 14.9. The number of carbonyl (C=O) groups excluding carboxylic acids is 3. The molecule has 1 heterocycles. The van der Waals surface area contributed by atoms with E-state index in [9.17, 15) is 39.6 Å². The van der Waals surface area contributed by atoms with Crippen LogP contribution in [0.1, 0.15) is 18.1 Å². The Morgan fingerprint density at radius 3 is 2.17 bits per heavy atom. The molecule has 214 valence electrons. The molecule has 10 N–H and O–H groups in total. The van der Waals surface area contributed by atoms with Crippen LogP contribution in [-0.2, 0) is 32.0 Å². The van der Waals surface area contributed by atoms with Crippen LogP contribution in [0.2, 0.25) is 0 Å². The predicted octanol–water partition coefficient (Wildman–Crippen LogP) is -1.10. The molecule has 0 aliphatic carbocycles. The number of aliphatic hydroxyl groups excluding tert-OH is 2. The number of hydrogen-bond donors (Lipinski definition) is 9. The first-order valence-corrected chi connectivity index (χ1v) is 12.5. The molecule has 3 rings (SSSR count). The fourth-order valence-corrected chi connectivity index (χ4v) is 4.09. The quantitative estimate of drug-likeness (QED) is 0.124. The van der Waals surface area contributed by atoms with Crippen LogP contribution >= 0.6 is 0 Å². The van der Waals surface area contributed by atoms with Crippen LogP contribution in [0.3, 0.4) is 0 Å². The molecule has 5 atom stereocenters. The average Bonchev–Trinajstić information content (AvgIpc) is 3.33. The number of para-hydroxylation sites is 1. The number of rotatable bonds is 13. The molecule has 0 aliphatic heterocycles. The van der Waals surface area contributed by atoms with Gasteiger partial charge in [-0.2, -0.15) is 0 Å². The van der Waals surface area contributed by atoms with Gasteiger partial charge in [0.25, 0.3) is 0 Å². The zero-order valence-corrected chi connectivity index (χ0v) is 21.7. The second-order valence-electron chi connectivity index (χ2n) is 9.41. The number of phenols is 1. The molecule has 5 unspecified atom stereocenters. The highest BCUT2D eigenvalue weighted by Gasteiger charge is 2.33. The van der Waals surface area contributed by atoms with Crippen LogP contribution in [0.25, 0.3) is 10.9 Å². The predicted molar refractivity (Wildman–Crippen MR) is 144 cm³/mol. The lowest BCUT2D eigenvalue weighted by molar-refractivity contribution is -0.143. The van der Waals surface area contributed by atoms with Gasteiger partial charge in [0.15, 0.2) is 0 Å². The summed E-state index contributed by atoms with van der Waals surface area (Å²) in [6, 6.07) is 7.69. The van der Waals surface area contributed by atoms with Crippen molar-refractivity contribution in [2.24, 2.45) is 5.73 Å². The molecule has 0 saturated heterocycles. The van der Waals surface area contributed by atoms with Crippen molar-refractivity contribution in [3.05, 3.63) is 65.9 Å². The van der Waals surface area contributed by atoms with Gasteiger partial charge < -0.3 is 47.1 Å². The number of nitrogens with one attached hydrogen (secondary N) is 4. The van der Waals surface area contributed by atoms with E-state index in [2.05, 4.69) is 20.9 Å². The lowest BCUT2D eigenvalue weighted by Crippen LogP contribution is -2.60. The van der Waals surface area contributed by atoms with Crippen LogP contribution in [0, 0.1) is 0 Å². The summed E-state index contributed by atoms with van der Waals surface area (Å²) < 4.78 is 0. The summed E-state index contributed by atoms with van der Waals surface area (Å²) in [5, 5.41) is 46.6. The van der Waals surface area contributed by atoms with E-state index in [-0.39, 0.29) is 18.6 Å². The molecule has 3 aromatic rings. The molecule has 40 heavy (non-hydrogen) atoms. The van der Waals surface area contributed by atoms with Crippen molar-refractivity contribution in [2.75, 3.05) is 6.61 Å². The Morgan fingerprint density at radius 1 is 0.900 bits per heavy atom. The molecule has 2 aromatic carbocycles. The number of aromatic hydroxyl groups is 1. The van der Waals surface area contributed by atoms with Gasteiger partial charge in [-0.1, -0.05) is 30.3 Å². The van der Waals surface area contributed by atoms with Crippen LogP contribution < -0.4 is 21.7 Å². The second-order valence-corrected chi connectivity index (χ2v) is 9.41. The van der Waals surface area contributed by atoms with Crippen LogP contribution in [-0.4, -0.2) is 86.0 Å². The van der Waals surface area contributed by atoms with Gasteiger partial charge in [0.2, 0.25) is 17.7 Å². The van der Waals surface area contributed by atoms with Crippen molar-refractivity contribution >= 4 is 34.6 Å². The number of benzene rings is 2. The van der Waals surface area contributed by atoms with E-state index in [1.165, 1.54) is 19.1 Å². The van der Waals surface area contributed by atoms with E-state index in [0.717, 1.165) is 10.9 Å². The SMILES string of the molecule is CC(O)C(NC(=O)C(CO)NC(=O)C(N)Cc1ccc(O)cc1)C(=O)NC(Cc1c[nH]c2ccccc12)C(=O)O. The lowest BCUT2D eigenvalue weighted by Gasteiger charge is -2.26. The molecule has 0 saturated carbocycles. The van der Waals surface area contributed by atoms with Crippen LogP contribution in [0.4, 0.5) is 0 Å². The van der Waals surface area contributed by atoms with Crippen molar-refractivity contribution in [3.63, 3.8) is 0 Å². The summed E-state index contributed by atoms with van der Waals surface area (Å²) >= 11 is 0. The Labute approximate surface area is 229 Å². The Balaban J connectivity index is 1.63. The van der Waals surface area contributed by atoms with Gasteiger partial charge in [-0.3, -0.25) is 14.4 Å². The largest absolute Gasteiger partial charge is 0.508 e. The van der Waals surface area contributed by atoms with Crippen molar-refractivity contribution in [3.8, 4) is 5.75 Å². The summed E-state index contributed by atoms with van der Waals surface area (Å²) in [4.78, 5) is 53.2. The summed E-state index contributed by atoms with van der Waals surface area (Å²) in [7, 11) is 0. The zero-order chi connectivity index (χ0) is 29.4. The molecule has 0 fully saturated rings. The maximum absolute atomic E-state index is 13.0. The molecular formula is C27H33N5O8. The molecule has 0 bridgehead atoms. The first-order chi connectivity index (χ1) is 19.0. The Hall–Kier alpha value is -4.46. The van der Waals surface area contributed by atoms with E-state index < -0.39 is 60.6 Å². The Bertz CT molecular complexity index is 1340. The zero-order valence-electron chi connectivity index (χ0n) is 21.7. The van der Waals surface area contributed by atoms with Crippen LogP contribution in [0.15, 0.2) is 54.7 Å². The maximum Gasteiger partial charge on any atom is 0.326 e. The monoisotopic (exact) mass is 555 g/mol. The number of aromatic amines is 1. The topological polar surface area (TPSA) is 227 Å². The number of aliphatic hydroxyl groups is 2. The van der Waals surface area contributed by atoms with Crippen molar-refractivity contribution in [1.82, 2.24) is 20.9 Å². The van der Waals surface area contributed by atoms with E-state index in [1.807, 2.05) is 12.1 Å². The third-order valence-electron chi connectivity index (χ3n) is 6.32. The molecule has 1 aromatic heterocycles. The number of aliphatic carboxylic acids is 1. The van der Waals surface area contributed by atoms with E-state index in [1.54, 1.807) is 30.5 Å². The molecule has 0 radical (unpaired) electrons. The molecule has 0 aliphatic rings. The summed E-state index contributed by atoms with van der Waals surface area (Å²) in [5.74, 6) is -3.99. The number of carboxylic acids is 1. The minimum atomic E-state index is -1.59. The third kappa shape index (κ3) is 7.79. The van der Waals surface area contributed by atoms with Gasteiger partial charge in [-0.25, -0.2) is 4.79 Å². The highest BCUT2D eigenvalue weighted by molar-refractivity contribution is 5.94. The fourth-order valence-electron chi connectivity index (χ4n) is 4.09. The molecule has 13 nitrogen and oxygen atoms in total. The number of aromatic nitrogens is 1. The molecular weight excluding hydrogens is 522 g/mol. The number of nitrogens with two attached hydrogens (primary N) is 1. The van der Waals surface area contributed by atoms with Gasteiger partial charge in [0.1, 0.15) is 23.9 Å². The van der Waals surface area contributed by atoms with Gasteiger partial charge in [-0.05, 0) is 42.7 Å². The minimum Gasteiger partial charge on any atom is -0.508 e. The third-order valence-corrected chi connectivity index (χ3v) is 6.32. The number of carboxylic acid groups (broad SMARTS) is 1. The second kappa shape index (κ2) is 13.6. The summed E-state index contributed by atoms with van der Waals surface area (Å²) in [5.41, 5.74) is 8.00. The number of carbonyl (C=O) groups is 4. The van der Waals surface area contributed by atoms with Gasteiger partial charge in [0.05, 0.1) is 18.8 Å². The molecule has 0 spiro atoms. The summed E-state index contributed by atoms with van der Waals surface area (Å²) in [6.45, 7) is 0.385. The minimum absolute atomic E-state index is 0.0446. The smallest absolute Gasteiger partial charge is 0.326 e. The number of amides is 3. The van der Waals surface area contributed by atoms with Crippen molar-refractivity contribution in [2.45, 2.75) is 50.0 Å². The van der Waals surface area contributed by atoms with Crippen molar-refractivity contribution < 1.29 is 39.6 Å². The van der Waals surface area contributed by atoms with E-state index in [0.29, 0.717) is 11.1 Å². The maximum atomic E-state index is 13.0. The average molecular weight is 556 g/mol. The Kier molecular flexibility index (Phi) is 10.2. The van der Waals surface area contributed by atoms with E-state index >= 15 is 0 Å². The Morgan fingerprint density at radius 2 is 1.55 bits per heavy atom. The van der Waals surface area contributed by atoms with E-state index in [4.69, 9.17) is 5.73 Å². The number of H-pyrrole nitrogens is 1. The molecule has 13 heteroatoms. The highest BCUT2D eigenvalue weighted by atomic mass is 16.4. The first-order valence-electron chi connectivity index (χ1n) is 12.5.